The second-order valence-electron chi connectivity index (χ2n) is 2.74. The maximum atomic E-state index is 11.1. The first kappa shape index (κ1) is 7.45. The highest BCUT2D eigenvalue weighted by molar-refractivity contribution is 5.92. The van der Waals surface area contributed by atoms with Crippen LogP contribution in [0.15, 0.2) is 4.99 Å². The maximum absolute atomic E-state index is 11.1. The predicted molar refractivity (Wildman–Crippen MR) is 41.4 cm³/mol. The van der Waals surface area contributed by atoms with E-state index in [-0.39, 0.29) is 11.8 Å². The van der Waals surface area contributed by atoms with Crippen molar-refractivity contribution in [3.8, 4) is 0 Å². The smallest absolute Gasteiger partial charge is 0.157 e. The minimum absolute atomic E-state index is 0.00463. The Hall–Kier alpha value is -0.660. The average Bonchev–Trinajstić information content (AvgIpc) is 2.34. The quantitative estimate of drug-likeness (QED) is 0.571. The number of carbonyl (C=O) groups is 1. The van der Waals surface area contributed by atoms with Crippen LogP contribution in [-0.4, -0.2) is 17.5 Å². The summed E-state index contributed by atoms with van der Waals surface area (Å²) in [4.78, 5) is 15.3. The fourth-order valence-corrected chi connectivity index (χ4v) is 1.21. The molecular formula is C8H13NO. The summed E-state index contributed by atoms with van der Waals surface area (Å²) in [6.45, 7) is 3.88. The molecule has 0 radical (unpaired) electrons. The molecule has 2 heteroatoms. The van der Waals surface area contributed by atoms with Gasteiger partial charge in [-0.25, -0.2) is 0 Å². The molecule has 10 heavy (non-hydrogen) atoms. The molecule has 1 aliphatic heterocycles. The number of nitrogens with zero attached hydrogens (tertiary/aromatic N) is 1. The van der Waals surface area contributed by atoms with Gasteiger partial charge in [0.25, 0.3) is 0 Å². The SMILES string of the molecule is CCC(=O)C1CCC(C)=N1. The van der Waals surface area contributed by atoms with E-state index in [4.69, 9.17) is 0 Å². The van der Waals surface area contributed by atoms with Crippen molar-refractivity contribution in [2.45, 2.75) is 39.2 Å². The number of rotatable bonds is 2. The van der Waals surface area contributed by atoms with Gasteiger partial charge in [0.05, 0.1) is 0 Å². The summed E-state index contributed by atoms with van der Waals surface area (Å²) < 4.78 is 0. The Morgan fingerprint density at radius 3 is 2.90 bits per heavy atom. The highest BCUT2D eigenvalue weighted by atomic mass is 16.1. The van der Waals surface area contributed by atoms with Gasteiger partial charge in [-0.15, -0.1) is 0 Å². The summed E-state index contributed by atoms with van der Waals surface area (Å²) in [6, 6.07) is 0.00463. The zero-order valence-electron chi connectivity index (χ0n) is 6.55. The first-order valence-electron chi connectivity index (χ1n) is 3.80. The molecule has 56 valence electrons. The van der Waals surface area contributed by atoms with Gasteiger partial charge in [0, 0.05) is 12.1 Å². The van der Waals surface area contributed by atoms with Crippen LogP contribution in [0, 0.1) is 0 Å². The molecule has 1 rings (SSSR count). The third-order valence-electron chi connectivity index (χ3n) is 1.88. The number of hydrogen-bond donors (Lipinski definition) is 0. The zero-order chi connectivity index (χ0) is 7.56. The van der Waals surface area contributed by atoms with E-state index in [1.54, 1.807) is 0 Å². The van der Waals surface area contributed by atoms with E-state index in [0.717, 1.165) is 18.6 Å². The van der Waals surface area contributed by atoms with Crippen LogP contribution in [0.4, 0.5) is 0 Å². The third kappa shape index (κ3) is 1.43. The minimum atomic E-state index is 0.00463. The van der Waals surface area contributed by atoms with E-state index in [2.05, 4.69) is 4.99 Å². The van der Waals surface area contributed by atoms with E-state index in [0.29, 0.717) is 6.42 Å². The zero-order valence-corrected chi connectivity index (χ0v) is 6.55. The van der Waals surface area contributed by atoms with E-state index < -0.39 is 0 Å². The Balaban J connectivity index is 2.52. The fourth-order valence-electron chi connectivity index (χ4n) is 1.21. The average molecular weight is 139 g/mol. The highest BCUT2D eigenvalue weighted by Gasteiger charge is 2.19. The van der Waals surface area contributed by atoms with Gasteiger partial charge in [-0.2, -0.15) is 0 Å². The summed E-state index contributed by atoms with van der Waals surface area (Å²) in [6.07, 6.45) is 2.58. The van der Waals surface area contributed by atoms with Gasteiger partial charge in [0.2, 0.25) is 0 Å². The Kier molecular flexibility index (Phi) is 2.20. The molecule has 0 aromatic carbocycles. The molecule has 0 spiro atoms. The molecule has 0 aliphatic carbocycles. The molecule has 1 atom stereocenters. The summed E-state index contributed by atoms with van der Waals surface area (Å²) in [7, 11) is 0. The molecule has 1 heterocycles. The fraction of sp³-hybridized carbons (Fsp3) is 0.750. The normalized spacial score (nSPS) is 24.6. The highest BCUT2D eigenvalue weighted by Crippen LogP contribution is 2.14. The van der Waals surface area contributed by atoms with Crippen molar-refractivity contribution in [1.82, 2.24) is 0 Å². The molecule has 0 saturated carbocycles. The van der Waals surface area contributed by atoms with Crippen LogP contribution in [0.2, 0.25) is 0 Å². The molecule has 0 N–H and O–H groups in total. The summed E-state index contributed by atoms with van der Waals surface area (Å²) >= 11 is 0. The van der Waals surface area contributed by atoms with E-state index >= 15 is 0 Å². The predicted octanol–water partition coefficient (Wildman–Crippen LogP) is 1.59. The van der Waals surface area contributed by atoms with Crippen molar-refractivity contribution in [3.05, 3.63) is 0 Å². The van der Waals surface area contributed by atoms with Crippen molar-refractivity contribution in [2.24, 2.45) is 4.99 Å². The van der Waals surface area contributed by atoms with E-state index in [1.165, 1.54) is 0 Å². The van der Waals surface area contributed by atoms with Crippen LogP contribution < -0.4 is 0 Å². The summed E-state index contributed by atoms with van der Waals surface area (Å²) in [5, 5.41) is 0. The minimum Gasteiger partial charge on any atom is -0.297 e. The second kappa shape index (κ2) is 2.95. The maximum Gasteiger partial charge on any atom is 0.157 e. The van der Waals surface area contributed by atoms with Crippen molar-refractivity contribution >= 4 is 11.5 Å². The lowest BCUT2D eigenvalue weighted by atomic mass is 10.1. The number of ketones is 1. The monoisotopic (exact) mass is 139 g/mol. The van der Waals surface area contributed by atoms with Crippen molar-refractivity contribution in [1.29, 1.82) is 0 Å². The molecule has 2 nitrogen and oxygen atoms in total. The van der Waals surface area contributed by atoms with Crippen LogP contribution in [0.25, 0.3) is 0 Å². The van der Waals surface area contributed by atoms with Gasteiger partial charge in [-0.3, -0.25) is 9.79 Å². The molecule has 0 saturated heterocycles. The molecule has 0 aromatic rings. The molecular weight excluding hydrogens is 126 g/mol. The molecule has 0 aromatic heterocycles. The van der Waals surface area contributed by atoms with E-state index in [1.807, 2.05) is 13.8 Å². The van der Waals surface area contributed by atoms with Gasteiger partial charge in [-0.05, 0) is 19.8 Å². The van der Waals surface area contributed by atoms with Gasteiger partial charge >= 0.3 is 0 Å². The van der Waals surface area contributed by atoms with Crippen LogP contribution in [0.5, 0.6) is 0 Å². The van der Waals surface area contributed by atoms with Crippen molar-refractivity contribution < 1.29 is 4.79 Å². The topological polar surface area (TPSA) is 29.4 Å². The Morgan fingerprint density at radius 2 is 2.50 bits per heavy atom. The van der Waals surface area contributed by atoms with Crippen LogP contribution >= 0.6 is 0 Å². The van der Waals surface area contributed by atoms with Crippen molar-refractivity contribution in [3.63, 3.8) is 0 Å². The molecule has 0 bridgehead atoms. The Labute approximate surface area is 61.3 Å². The number of Topliss-reactive ketones (excluding diaryl/α,β-unsaturated/α-hetero) is 1. The Morgan fingerprint density at radius 1 is 1.80 bits per heavy atom. The van der Waals surface area contributed by atoms with Gasteiger partial charge < -0.3 is 0 Å². The lowest BCUT2D eigenvalue weighted by Gasteiger charge is -2.00. The molecule has 1 unspecified atom stereocenters. The molecule has 0 fully saturated rings. The lowest BCUT2D eigenvalue weighted by molar-refractivity contribution is -0.119. The Bertz CT molecular complexity index is 172. The number of hydrogen-bond acceptors (Lipinski definition) is 2. The number of aliphatic imine (C=N–C) groups is 1. The standard InChI is InChI=1S/C8H13NO/c1-3-8(10)7-5-4-6(2)9-7/h7H,3-5H2,1-2H3. The second-order valence-corrected chi connectivity index (χ2v) is 2.74. The third-order valence-corrected chi connectivity index (χ3v) is 1.88. The van der Waals surface area contributed by atoms with Gasteiger partial charge in [0.15, 0.2) is 5.78 Å². The lowest BCUT2D eigenvalue weighted by Crippen LogP contribution is -2.13. The van der Waals surface area contributed by atoms with Gasteiger partial charge in [0.1, 0.15) is 6.04 Å². The van der Waals surface area contributed by atoms with Crippen LogP contribution in [0.1, 0.15) is 33.1 Å². The van der Waals surface area contributed by atoms with E-state index in [9.17, 15) is 4.79 Å². The first-order chi connectivity index (χ1) is 4.74. The van der Waals surface area contributed by atoms with Crippen LogP contribution in [0.3, 0.4) is 0 Å². The van der Waals surface area contributed by atoms with Crippen LogP contribution in [-0.2, 0) is 4.79 Å². The molecule has 1 aliphatic rings. The first-order valence-corrected chi connectivity index (χ1v) is 3.80. The summed E-state index contributed by atoms with van der Waals surface area (Å²) in [5.41, 5.74) is 1.13. The molecule has 0 amide bonds. The summed E-state index contributed by atoms with van der Waals surface area (Å²) in [5.74, 6) is 0.289. The largest absolute Gasteiger partial charge is 0.297 e. The number of carbonyl (C=O) groups excluding carboxylic acids is 1. The van der Waals surface area contributed by atoms with Gasteiger partial charge in [-0.1, -0.05) is 6.92 Å². The van der Waals surface area contributed by atoms with Crippen molar-refractivity contribution in [2.75, 3.05) is 0 Å².